The predicted molar refractivity (Wildman–Crippen MR) is 73.5 cm³/mol. The first-order valence-corrected chi connectivity index (χ1v) is 6.57. The summed E-state index contributed by atoms with van der Waals surface area (Å²) < 4.78 is 0. The molecule has 1 amide bonds. The number of aromatic nitrogens is 1. The Morgan fingerprint density at radius 2 is 2.11 bits per heavy atom. The summed E-state index contributed by atoms with van der Waals surface area (Å²) in [5.74, 6) is -0.945. The monoisotopic (exact) mass is 276 g/mol. The van der Waals surface area contributed by atoms with Crippen LogP contribution < -0.4 is 5.32 Å². The molecule has 0 radical (unpaired) electrons. The van der Waals surface area contributed by atoms with Crippen LogP contribution in [0.25, 0.3) is 10.9 Å². The number of thioether (sulfide) groups is 1. The van der Waals surface area contributed by atoms with Crippen LogP contribution in [0.15, 0.2) is 35.2 Å². The van der Waals surface area contributed by atoms with Gasteiger partial charge in [0.05, 0.1) is 11.3 Å². The van der Waals surface area contributed by atoms with Crippen LogP contribution >= 0.6 is 11.8 Å². The number of carbonyl (C=O) groups excluding carboxylic acids is 1. The van der Waals surface area contributed by atoms with Crippen molar-refractivity contribution in [3.8, 4) is 0 Å². The number of nitrogens with one attached hydrogen (secondary N) is 1. The second-order valence-electron chi connectivity index (χ2n) is 3.79. The summed E-state index contributed by atoms with van der Waals surface area (Å²) in [4.78, 5) is 27.1. The average Bonchev–Trinajstić information content (AvgIpc) is 2.43. The topological polar surface area (TPSA) is 79.3 Å². The molecule has 0 saturated carbocycles. The zero-order valence-electron chi connectivity index (χ0n) is 10.2. The van der Waals surface area contributed by atoms with Crippen molar-refractivity contribution < 1.29 is 14.7 Å². The third kappa shape index (κ3) is 3.03. The molecule has 19 heavy (non-hydrogen) atoms. The number of pyridine rings is 1. The van der Waals surface area contributed by atoms with Crippen molar-refractivity contribution in [1.82, 2.24) is 10.3 Å². The second-order valence-corrected chi connectivity index (χ2v) is 4.81. The van der Waals surface area contributed by atoms with E-state index < -0.39 is 5.97 Å². The lowest BCUT2D eigenvalue weighted by Gasteiger charge is -2.07. The predicted octanol–water partition coefficient (Wildman–Crippen LogP) is 1.77. The molecule has 0 fully saturated rings. The van der Waals surface area contributed by atoms with E-state index in [2.05, 4.69) is 10.3 Å². The summed E-state index contributed by atoms with van der Waals surface area (Å²) in [5.41, 5.74) is 0.597. The first-order chi connectivity index (χ1) is 9.11. The minimum Gasteiger partial charge on any atom is -0.477 e. The van der Waals surface area contributed by atoms with Crippen molar-refractivity contribution in [3.63, 3.8) is 0 Å². The molecule has 98 valence electrons. The van der Waals surface area contributed by atoms with E-state index in [0.29, 0.717) is 5.52 Å². The number of benzene rings is 1. The Kier molecular flexibility index (Phi) is 4.01. The second kappa shape index (κ2) is 5.71. The fourth-order valence-electron chi connectivity index (χ4n) is 1.59. The number of carbonyl (C=O) groups is 2. The molecule has 1 aromatic heterocycles. The first kappa shape index (κ1) is 13.4. The SMILES string of the molecule is CNC(=O)CSc1cc(C(=O)O)nc2ccccc12. The number of hydrogen-bond acceptors (Lipinski definition) is 4. The fourth-order valence-corrected chi connectivity index (χ4v) is 2.54. The van der Waals surface area contributed by atoms with Crippen LogP contribution in [0.3, 0.4) is 0 Å². The van der Waals surface area contributed by atoms with E-state index in [0.717, 1.165) is 10.3 Å². The number of nitrogens with zero attached hydrogens (tertiary/aromatic N) is 1. The van der Waals surface area contributed by atoms with Gasteiger partial charge in [0.2, 0.25) is 5.91 Å². The van der Waals surface area contributed by atoms with Crippen molar-refractivity contribution in [2.75, 3.05) is 12.8 Å². The Morgan fingerprint density at radius 1 is 1.37 bits per heavy atom. The molecule has 0 aliphatic heterocycles. The molecule has 2 aromatic rings. The standard InChI is InChI=1S/C13H12N2O3S/c1-14-12(16)7-19-11-6-10(13(17)18)15-9-5-3-2-4-8(9)11/h2-6H,7H2,1H3,(H,14,16)(H,17,18). The van der Waals surface area contributed by atoms with Gasteiger partial charge in [0.1, 0.15) is 5.69 Å². The number of hydrogen-bond donors (Lipinski definition) is 2. The maximum atomic E-state index is 11.3. The van der Waals surface area contributed by atoms with Crippen LogP contribution in [-0.4, -0.2) is 34.8 Å². The van der Waals surface area contributed by atoms with Gasteiger partial charge in [-0.15, -0.1) is 11.8 Å². The third-order valence-electron chi connectivity index (χ3n) is 2.53. The quantitative estimate of drug-likeness (QED) is 0.832. The highest BCUT2D eigenvalue weighted by Crippen LogP contribution is 2.27. The molecule has 0 aliphatic carbocycles. The highest BCUT2D eigenvalue weighted by molar-refractivity contribution is 8.00. The number of para-hydroxylation sites is 1. The molecule has 0 saturated heterocycles. The van der Waals surface area contributed by atoms with Crippen molar-refractivity contribution in [3.05, 3.63) is 36.0 Å². The van der Waals surface area contributed by atoms with E-state index in [4.69, 9.17) is 5.11 Å². The summed E-state index contributed by atoms with van der Waals surface area (Å²) in [6, 6.07) is 8.77. The van der Waals surface area contributed by atoms with Crippen molar-refractivity contribution >= 4 is 34.5 Å². The van der Waals surface area contributed by atoms with Gasteiger partial charge in [0, 0.05) is 17.3 Å². The molecule has 6 heteroatoms. The first-order valence-electron chi connectivity index (χ1n) is 5.58. The fraction of sp³-hybridized carbons (Fsp3) is 0.154. The molecule has 0 aliphatic rings. The van der Waals surface area contributed by atoms with Gasteiger partial charge in [-0.2, -0.15) is 0 Å². The Balaban J connectivity index is 2.44. The van der Waals surface area contributed by atoms with Crippen LogP contribution in [0.2, 0.25) is 0 Å². The summed E-state index contributed by atoms with van der Waals surface area (Å²) in [6.07, 6.45) is 0. The molecule has 1 heterocycles. The minimum atomic E-state index is -1.08. The Hall–Kier alpha value is -2.08. The van der Waals surface area contributed by atoms with Crippen molar-refractivity contribution in [2.24, 2.45) is 0 Å². The molecule has 1 aromatic carbocycles. The summed E-state index contributed by atoms with van der Waals surface area (Å²) >= 11 is 1.30. The van der Waals surface area contributed by atoms with E-state index in [9.17, 15) is 9.59 Å². The lowest BCUT2D eigenvalue weighted by Crippen LogP contribution is -2.19. The molecular formula is C13H12N2O3S. The van der Waals surface area contributed by atoms with Gasteiger partial charge in [0.15, 0.2) is 0 Å². The molecule has 2 rings (SSSR count). The number of carboxylic acids is 1. The lowest BCUT2D eigenvalue weighted by molar-refractivity contribution is -0.118. The molecule has 0 unspecified atom stereocenters. The van der Waals surface area contributed by atoms with Gasteiger partial charge < -0.3 is 10.4 Å². The van der Waals surface area contributed by atoms with Gasteiger partial charge in [-0.05, 0) is 12.1 Å². The highest BCUT2D eigenvalue weighted by Gasteiger charge is 2.11. The normalized spacial score (nSPS) is 10.4. The Labute approximate surface area is 114 Å². The number of rotatable bonds is 4. The van der Waals surface area contributed by atoms with Crippen molar-refractivity contribution in [2.45, 2.75) is 4.90 Å². The molecular weight excluding hydrogens is 264 g/mol. The van der Waals surface area contributed by atoms with Crippen LogP contribution in [0, 0.1) is 0 Å². The third-order valence-corrected chi connectivity index (χ3v) is 3.59. The van der Waals surface area contributed by atoms with Gasteiger partial charge in [-0.1, -0.05) is 18.2 Å². The minimum absolute atomic E-state index is 0.0156. The maximum Gasteiger partial charge on any atom is 0.354 e. The summed E-state index contributed by atoms with van der Waals surface area (Å²) in [5, 5.41) is 12.4. The Morgan fingerprint density at radius 3 is 2.79 bits per heavy atom. The number of carboxylic acid groups (broad SMARTS) is 1. The van der Waals surface area contributed by atoms with Crippen LogP contribution in [-0.2, 0) is 4.79 Å². The highest BCUT2D eigenvalue weighted by atomic mass is 32.2. The molecule has 2 N–H and O–H groups in total. The van der Waals surface area contributed by atoms with Gasteiger partial charge >= 0.3 is 5.97 Å². The van der Waals surface area contributed by atoms with Gasteiger partial charge in [-0.3, -0.25) is 4.79 Å². The number of aromatic carboxylic acids is 1. The smallest absolute Gasteiger partial charge is 0.354 e. The molecule has 0 spiro atoms. The molecule has 0 atom stereocenters. The van der Waals surface area contributed by atoms with E-state index in [1.165, 1.54) is 17.8 Å². The zero-order valence-corrected chi connectivity index (χ0v) is 11.0. The Bertz CT molecular complexity index is 643. The lowest BCUT2D eigenvalue weighted by atomic mass is 10.2. The van der Waals surface area contributed by atoms with Crippen LogP contribution in [0.4, 0.5) is 0 Å². The van der Waals surface area contributed by atoms with E-state index >= 15 is 0 Å². The summed E-state index contributed by atoms with van der Waals surface area (Å²) in [6.45, 7) is 0. The van der Waals surface area contributed by atoms with Crippen LogP contribution in [0.5, 0.6) is 0 Å². The number of amides is 1. The van der Waals surface area contributed by atoms with Crippen molar-refractivity contribution in [1.29, 1.82) is 0 Å². The van der Waals surface area contributed by atoms with Crippen LogP contribution in [0.1, 0.15) is 10.5 Å². The van der Waals surface area contributed by atoms with E-state index in [1.807, 2.05) is 12.1 Å². The van der Waals surface area contributed by atoms with E-state index in [1.54, 1.807) is 19.2 Å². The molecule has 0 bridgehead atoms. The zero-order chi connectivity index (χ0) is 13.8. The number of fused-ring (bicyclic) bond motifs is 1. The average molecular weight is 276 g/mol. The van der Waals surface area contributed by atoms with Gasteiger partial charge in [0.25, 0.3) is 0 Å². The van der Waals surface area contributed by atoms with E-state index in [-0.39, 0.29) is 17.4 Å². The molecule has 5 nitrogen and oxygen atoms in total. The van der Waals surface area contributed by atoms with Gasteiger partial charge in [-0.25, -0.2) is 9.78 Å². The largest absolute Gasteiger partial charge is 0.477 e. The summed E-state index contributed by atoms with van der Waals surface area (Å²) in [7, 11) is 1.57. The maximum absolute atomic E-state index is 11.3.